The van der Waals surface area contributed by atoms with Crippen LogP contribution in [-0.4, -0.2) is 12.1 Å². The summed E-state index contributed by atoms with van der Waals surface area (Å²) in [7, 11) is 1.52. The Bertz CT molecular complexity index is 615. The first kappa shape index (κ1) is 15.4. The number of methoxy groups -OCH3 is 1. The fourth-order valence-corrected chi connectivity index (χ4v) is 1.99. The Labute approximate surface area is 124 Å². The molecule has 1 aromatic heterocycles. The predicted octanol–water partition coefficient (Wildman–Crippen LogP) is 4.37. The van der Waals surface area contributed by atoms with Crippen LogP contribution in [0.15, 0.2) is 36.5 Å². The minimum atomic E-state index is -4.44. The smallest absolute Gasteiger partial charge is 0.433 e. The molecular weight excluding hydrogens is 305 g/mol. The lowest BCUT2D eigenvalue weighted by Crippen LogP contribution is -2.08. The van der Waals surface area contributed by atoms with Gasteiger partial charge in [-0.25, -0.2) is 4.98 Å². The highest BCUT2D eigenvalue weighted by Crippen LogP contribution is 2.29. The highest BCUT2D eigenvalue weighted by Gasteiger charge is 2.31. The number of ether oxygens (including phenoxy) is 1. The average molecular weight is 317 g/mol. The van der Waals surface area contributed by atoms with Gasteiger partial charge in [0, 0.05) is 17.1 Å². The number of hydrogen-bond donors (Lipinski definition) is 1. The van der Waals surface area contributed by atoms with Crippen molar-refractivity contribution in [3.05, 3.63) is 52.8 Å². The van der Waals surface area contributed by atoms with Gasteiger partial charge in [-0.05, 0) is 24.3 Å². The van der Waals surface area contributed by atoms with E-state index in [2.05, 4.69) is 10.3 Å². The Morgan fingerprint density at radius 1 is 1.24 bits per heavy atom. The molecule has 0 atom stereocenters. The number of hydrogen-bond acceptors (Lipinski definition) is 3. The van der Waals surface area contributed by atoms with Gasteiger partial charge in [0.2, 0.25) is 0 Å². The second-order valence-corrected chi connectivity index (χ2v) is 4.61. The Kier molecular flexibility index (Phi) is 4.57. The Balaban J connectivity index is 2.10. The van der Waals surface area contributed by atoms with Gasteiger partial charge in [0.1, 0.15) is 11.4 Å². The summed E-state index contributed by atoms with van der Waals surface area (Å²) in [6.45, 7) is 0.315. The maximum absolute atomic E-state index is 12.4. The van der Waals surface area contributed by atoms with Gasteiger partial charge in [0.25, 0.3) is 0 Å². The molecule has 0 saturated carbocycles. The standard InChI is InChI=1S/C14H12ClF3N2O/c1-21-12-4-2-3-11(15)10(12)8-19-9-5-6-13(20-7-9)14(16,17)18/h2-7,19H,8H2,1H3. The monoisotopic (exact) mass is 316 g/mol. The number of aromatic nitrogens is 1. The lowest BCUT2D eigenvalue weighted by Gasteiger charge is -2.12. The average Bonchev–Trinajstić information content (AvgIpc) is 2.45. The summed E-state index contributed by atoms with van der Waals surface area (Å²) in [6, 6.07) is 7.47. The molecule has 0 spiro atoms. The van der Waals surface area contributed by atoms with Gasteiger partial charge < -0.3 is 10.1 Å². The van der Waals surface area contributed by atoms with E-state index >= 15 is 0 Å². The first-order valence-corrected chi connectivity index (χ1v) is 6.38. The molecule has 0 aliphatic carbocycles. The summed E-state index contributed by atoms with van der Waals surface area (Å²) in [5.74, 6) is 0.606. The zero-order chi connectivity index (χ0) is 15.5. The molecule has 0 unspecified atom stereocenters. The van der Waals surface area contributed by atoms with E-state index in [0.29, 0.717) is 23.0 Å². The van der Waals surface area contributed by atoms with E-state index in [1.165, 1.54) is 13.2 Å². The van der Waals surface area contributed by atoms with Crippen LogP contribution in [0.25, 0.3) is 0 Å². The number of alkyl halides is 3. The quantitative estimate of drug-likeness (QED) is 0.909. The molecule has 0 saturated heterocycles. The van der Waals surface area contributed by atoms with Crippen LogP contribution >= 0.6 is 11.6 Å². The lowest BCUT2D eigenvalue weighted by molar-refractivity contribution is -0.141. The summed E-state index contributed by atoms with van der Waals surface area (Å²) >= 11 is 6.08. The fourth-order valence-electron chi connectivity index (χ4n) is 1.76. The second-order valence-electron chi connectivity index (χ2n) is 4.20. The van der Waals surface area contributed by atoms with Gasteiger partial charge in [-0.3, -0.25) is 0 Å². The molecular formula is C14H12ClF3N2O. The molecule has 0 bridgehead atoms. The number of benzene rings is 1. The van der Waals surface area contributed by atoms with E-state index in [1.54, 1.807) is 18.2 Å². The molecule has 2 rings (SSSR count). The highest BCUT2D eigenvalue weighted by molar-refractivity contribution is 6.31. The molecule has 0 amide bonds. The van der Waals surface area contributed by atoms with Gasteiger partial charge in [0.05, 0.1) is 19.0 Å². The van der Waals surface area contributed by atoms with Crippen molar-refractivity contribution >= 4 is 17.3 Å². The Morgan fingerprint density at radius 2 is 2.00 bits per heavy atom. The van der Waals surface area contributed by atoms with E-state index in [1.807, 2.05) is 0 Å². The van der Waals surface area contributed by atoms with Crippen molar-refractivity contribution in [3.63, 3.8) is 0 Å². The highest BCUT2D eigenvalue weighted by atomic mass is 35.5. The summed E-state index contributed by atoms with van der Waals surface area (Å²) < 4.78 is 42.4. The van der Waals surface area contributed by atoms with E-state index in [4.69, 9.17) is 16.3 Å². The Morgan fingerprint density at radius 3 is 2.57 bits per heavy atom. The lowest BCUT2D eigenvalue weighted by atomic mass is 10.2. The molecule has 1 heterocycles. The van der Waals surface area contributed by atoms with Crippen molar-refractivity contribution in [2.45, 2.75) is 12.7 Å². The van der Waals surface area contributed by atoms with Gasteiger partial charge in [0.15, 0.2) is 0 Å². The molecule has 7 heteroatoms. The summed E-state index contributed by atoms with van der Waals surface area (Å²) in [4.78, 5) is 3.38. The van der Waals surface area contributed by atoms with Crippen molar-refractivity contribution in [3.8, 4) is 5.75 Å². The minimum absolute atomic E-state index is 0.315. The SMILES string of the molecule is COc1cccc(Cl)c1CNc1ccc(C(F)(F)F)nc1. The third-order valence-corrected chi connectivity index (χ3v) is 3.17. The van der Waals surface area contributed by atoms with Crippen molar-refractivity contribution in [2.24, 2.45) is 0 Å². The minimum Gasteiger partial charge on any atom is -0.496 e. The summed E-state index contributed by atoms with van der Waals surface area (Å²) in [5.41, 5.74) is 0.259. The van der Waals surface area contributed by atoms with E-state index in [0.717, 1.165) is 17.8 Å². The number of pyridine rings is 1. The molecule has 1 aromatic carbocycles. The third-order valence-electron chi connectivity index (χ3n) is 2.82. The van der Waals surface area contributed by atoms with Crippen LogP contribution in [-0.2, 0) is 12.7 Å². The molecule has 0 aliphatic heterocycles. The number of anilines is 1. The summed E-state index contributed by atoms with van der Waals surface area (Å²) in [5, 5.41) is 3.48. The van der Waals surface area contributed by atoms with Crippen molar-refractivity contribution in [1.29, 1.82) is 0 Å². The van der Waals surface area contributed by atoms with Crippen molar-refractivity contribution in [1.82, 2.24) is 4.98 Å². The van der Waals surface area contributed by atoms with Gasteiger partial charge in [-0.1, -0.05) is 17.7 Å². The van der Waals surface area contributed by atoms with Crippen LogP contribution in [0, 0.1) is 0 Å². The predicted molar refractivity (Wildman–Crippen MR) is 74.6 cm³/mol. The molecule has 0 radical (unpaired) electrons. The van der Waals surface area contributed by atoms with Crippen LogP contribution in [0.2, 0.25) is 5.02 Å². The number of nitrogens with zero attached hydrogens (tertiary/aromatic N) is 1. The normalized spacial score (nSPS) is 11.3. The van der Waals surface area contributed by atoms with Crippen molar-refractivity contribution in [2.75, 3.05) is 12.4 Å². The van der Waals surface area contributed by atoms with Crippen LogP contribution in [0.1, 0.15) is 11.3 Å². The summed E-state index contributed by atoms with van der Waals surface area (Å²) in [6.07, 6.45) is -3.31. The van der Waals surface area contributed by atoms with E-state index < -0.39 is 11.9 Å². The van der Waals surface area contributed by atoms with E-state index in [-0.39, 0.29) is 0 Å². The zero-order valence-corrected chi connectivity index (χ0v) is 11.8. The first-order chi connectivity index (χ1) is 9.91. The van der Waals surface area contributed by atoms with Crippen molar-refractivity contribution < 1.29 is 17.9 Å². The van der Waals surface area contributed by atoms with Crippen LogP contribution in [0.4, 0.5) is 18.9 Å². The van der Waals surface area contributed by atoms with E-state index in [9.17, 15) is 13.2 Å². The second kappa shape index (κ2) is 6.22. The molecule has 1 N–H and O–H groups in total. The largest absolute Gasteiger partial charge is 0.496 e. The first-order valence-electron chi connectivity index (χ1n) is 6.00. The molecule has 0 aliphatic rings. The van der Waals surface area contributed by atoms with Crippen LogP contribution in [0.3, 0.4) is 0 Å². The fraction of sp³-hybridized carbons (Fsp3) is 0.214. The molecule has 3 nitrogen and oxygen atoms in total. The molecule has 112 valence electrons. The van der Waals surface area contributed by atoms with Crippen LogP contribution < -0.4 is 10.1 Å². The number of nitrogens with one attached hydrogen (secondary N) is 1. The van der Waals surface area contributed by atoms with Gasteiger partial charge in [-0.15, -0.1) is 0 Å². The Hall–Kier alpha value is -1.95. The molecule has 0 fully saturated rings. The topological polar surface area (TPSA) is 34.1 Å². The molecule has 21 heavy (non-hydrogen) atoms. The number of halogens is 4. The molecule has 2 aromatic rings. The number of rotatable bonds is 4. The van der Waals surface area contributed by atoms with Gasteiger partial charge in [-0.2, -0.15) is 13.2 Å². The van der Waals surface area contributed by atoms with Gasteiger partial charge >= 0.3 is 6.18 Å². The third kappa shape index (κ3) is 3.78. The maximum atomic E-state index is 12.4. The van der Waals surface area contributed by atoms with Crippen LogP contribution in [0.5, 0.6) is 5.75 Å². The zero-order valence-electron chi connectivity index (χ0n) is 11.0. The maximum Gasteiger partial charge on any atom is 0.433 e.